The molecule has 0 bridgehead atoms. The Morgan fingerprint density at radius 3 is 2.61 bits per heavy atom. The van der Waals surface area contributed by atoms with Crippen molar-refractivity contribution in [2.24, 2.45) is 0 Å². The average molecular weight is 377 g/mol. The number of rotatable bonds is 3. The molecule has 0 amide bonds. The smallest absolute Gasteiger partial charge is 0.123 e. The van der Waals surface area contributed by atoms with Crippen LogP contribution in [0.25, 0.3) is 28.0 Å². The largest absolute Gasteiger partial charge is 0.360 e. The zero-order valence-electron chi connectivity index (χ0n) is 15.4. The van der Waals surface area contributed by atoms with E-state index in [1.807, 2.05) is 18.3 Å². The second-order valence-corrected chi connectivity index (χ2v) is 7.53. The van der Waals surface area contributed by atoms with Gasteiger partial charge in [-0.05, 0) is 65.9 Å². The molecule has 142 valence electrons. The molecule has 0 radical (unpaired) electrons. The highest BCUT2D eigenvalue weighted by Gasteiger charge is 2.34. The SMILES string of the molecule is Fc1ccc(-c2[nH]cc(C3=CC4CC(F)CN4CC3)c2-c2ccncc2)cc1. The number of benzene rings is 1. The van der Waals surface area contributed by atoms with Crippen molar-refractivity contribution in [2.45, 2.75) is 25.1 Å². The molecule has 2 aliphatic rings. The van der Waals surface area contributed by atoms with Gasteiger partial charge < -0.3 is 4.98 Å². The fraction of sp³-hybridized carbons (Fsp3) is 0.261. The van der Waals surface area contributed by atoms with Gasteiger partial charge in [0.1, 0.15) is 12.0 Å². The Morgan fingerprint density at radius 2 is 1.82 bits per heavy atom. The lowest BCUT2D eigenvalue weighted by atomic mass is 9.90. The Kier molecular flexibility index (Phi) is 4.32. The minimum atomic E-state index is -0.735. The summed E-state index contributed by atoms with van der Waals surface area (Å²) in [5, 5.41) is 0. The van der Waals surface area contributed by atoms with E-state index in [-0.39, 0.29) is 11.9 Å². The van der Waals surface area contributed by atoms with Gasteiger partial charge in [0.15, 0.2) is 0 Å². The molecule has 4 heterocycles. The molecule has 0 saturated carbocycles. The van der Waals surface area contributed by atoms with Crippen LogP contribution in [-0.2, 0) is 0 Å². The zero-order valence-corrected chi connectivity index (χ0v) is 15.4. The summed E-state index contributed by atoms with van der Waals surface area (Å²) >= 11 is 0. The number of nitrogens with zero attached hydrogens (tertiary/aromatic N) is 2. The first-order valence-corrected chi connectivity index (χ1v) is 9.66. The fourth-order valence-electron chi connectivity index (χ4n) is 4.45. The number of halogens is 2. The van der Waals surface area contributed by atoms with Gasteiger partial charge in [-0.1, -0.05) is 6.08 Å². The van der Waals surface area contributed by atoms with E-state index in [4.69, 9.17) is 0 Å². The summed E-state index contributed by atoms with van der Waals surface area (Å²) in [5.74, 6) is -0.252. The molecule has 1 aromatic carbocycles. The highest BCUT2D eigenvalue weighted by atomic mass is 19.1. The van der Waals surface area contributed by atoms with Crippen LogP contribution >= 0.6 is 0 Å². The van der Waals surface area contributed by atoms with Crippen molar-refractivity contribution in [2.75, 3.05) is 13.1 Å². The molecule has 2 unspecified atom stereocenters. The number of H-pyrrole nitrogens is 1. The predicted molar refractivity (Wildman–Crippen MR) is 107 cm³/mol. The topological polar surface area (TPSA) is 31.9 Å². The maximum Gasteiger partial charge on any atom is 0.123 e. The van der Waals surface area contributed by atoms with E-state index in [0.717, 1.165) is 40.9 Å². The average Bonchev–Trinajstić information content (AvgIpc) is 3.31. The summed E-state index contributed by atoms with van der Waals surface area (Å²) in [6.07, 6.45) is 8.54. The van der Waals surface area contributed by atoms with Gasteiger partial charge in [-0.15, -0.1) is 0 Å². The molecule has 1 N–H and O–H groups in total. The van der Waals surface area contributed by atoms with E-state index in [1.54, 1.807) is 24.5 Å². The van der Waals surface area contributed by atoms with Crippen LogP contribution in [0.5, 0.6) is 0 Å². The molecule has 5 heteroatoms. The first-order chi connectivity index (χ1) is 13.7. The third-order valence-corrected chi connectivity index (χ3v) is 5.79. The Labute approximate surface area is 162 Å². The molecular weight excluding hydrogens is 356 g/mol. The lowest BCUT2D eigenvalue weighted by Gasteiger charge is -2.28. The normalized spacial score (nSPS) is 22.1. The third-order valence-electron chi connectivity index (χ3n) is 5.79. The second kappa shape index (κ2) is 6.99. The van der Waals surface area contributed by atoms with Crippen molar-refractivity contribution >= 4 is 5.57 Å². The number of fused-ring (bicyclic) bond motifs is 1. The molecule has 28 heavy (non-hydrogen) atoms. The maximum atomic E-state index is 13.8. The number of aromatic amines is 1. The zero-order chi connectivity index (χ0) is 19.1. The van der Waals surface area contributed by atoms with Gasteiger partial charge in [0.2, 0.25) is 0 Å². The van der Waals surface area contributed by atoms with E-state index in [1.165, 1.54) is 17.7 Å². The van der Waals surface area contributed by atoms with Crippen LogP contribution < -0.4 is 0 Å². The maximum absolute atomic E-state index is 13.8. The standard InChI is InChI=1S/C23H21F2N3/c24-18-3-1-16(2-4-18)23-22(15-5-8-26-9-6-15)21(13-27-23)17-7-10-28-14-19(25)12-20(28)11-17/h1-6,8-9,11,13,19-20,27H,7,10,12,14H2. The molecule has 3 aromatic rings. The molecule has 1 fully saturated rings. The number of nitrogens with one attached hydrogen (secondary N) is 1. The number of pyridine rings is 1. The Balaban J connectivity index is 1.63. The van der Waals surface area contributed by atoms with Gasteiger partial charge in [0.25, 0.3) is 0 Å². The molecule has 2 aliphatic heterocycles. The number of hydrogen-bond donors (Lipinski definition) is 1. The van der Waals surface area contributed by atoms with Gasteiger partial charge in [0.05, 0.1) is 5.69 Å². The molecule has 2 atom stereocenters. The van der Waals surface area contributed by atoms with Gasteiger partial charge in [-0.2, -0.15) is 0 Å². The molecule has 0 spiro atoms. The monoisotopic (exact) mass is 377 g/mol. The van der Waals surface area contributed by atoms with Crippen LogP contribution in [0.3, 0.4) is 0 Å². The van der Waals surface area contributed by atoms with Crippen LogP contribution in [0.15, 0.2) is 61.1 Å². The lowest BCUT2D eigenvalue weighted by Crippen LogP contribution is -2.32. The van der Waals surface area contributed by atoms with Gasteiger partial charge in [0, 0.05) is 48.8 Å². The second-order valence-electron chi connectivity index (χ2n) is 7.53. The highest BCUT2D eigenvalue weighted by Crippen LogP contribution is 2.41. The van der Waals surface area contributed by atoms with Crippen molar-refractivity contribution in [3.05, 3.63) is 72.4 Å². The summed E-state index contributed by atoms with van der Waals surface area (Å²) in [6, 6.07) is 10.7. The number of hydrogen-bond acceptors (Lipinski definition) is 2. The van der Waals surface area contributed by atoms with E-state index >= 15 is 0 Å². The van der Waals surface area contributed by atoms with E-state index < -0.39 is 6.17 Å². The van der Waals surface area contributed by atoms with Crippen molar-refractivity contribution in [3.63, 3.8) is 0 Å². The number of aromatic nitrogens is 2. The van der Waals surface area contributed by atoms with Crippen molar-refractivity contribution < 1.29 is 8.78 Å². The van der Waals surface area contributed by atoms with E-state index in [2.05, 4.69) is 20.9 Å². The minimum absolute atomic E-state index is 0.174. The molecular formula is C23H21F2N3. The lowest BCUT2D eigenvalue weighted by molar-refractivity contribution is 0.266. The fourth-order valence-corrected chi connectivity index (χ4v) is 4.45. The molecule has 2 aromatic heterocycles. The summed E-state index contributed by atoms with van der Waals surface area (Å²) in [6.45, 7) is 1.42. The summed E-state index contributed by atoms with van der Waals surface area (Å²) in [4.78, 5) is 9.77. The first-order valence-electron chi connectivity index (χ1n) is 9.66. The highest BCUT2D eigenvalue weighted by molar-refractivity contribution is 5.91. The van der Waals surface area contributed by atoms with Crippen molar-refractivity contribution in [1.82, 2.24) is 14.9 Å². The summed E-state index contributed by atoms with van der Waals surface area (Å²) in [7, 11) is 0. The van der Waals surface area contributed by atoms with Gasteiger partial charge in [-0.25, -0.2) is 8.78 Å². The molecule has 0 aliphatic carbocycles. The molecule has 3 nitrogen and oxygen atoms in total. The quantitative estimate of drug-likeness (QED) is 0.690. The predicted octanol–water partition coefficient (Wildman–Crippen LogP) is 5.08. The molecule has 5 rings (SSSR count). The summed E-state index contributed by atoms with van der Waals surface area (Å²) in [5.41, 5.74) is 6.41. The van der Waals surface area contributed by atoms with E-state index in [9.17, 15) is 8.78 Å². The number of alkyl halides is 1. The van der Waals surface area contributed by atoms with Crippen LogP contribution in [0.4, 0.5) is 8.78 Å². The van der Waals surface area contributed by atoms with Crippen LogP contribution in [-0.4, -0.2) is 40.2 Å². The van der Waals surface area contributed by atoms with Crippen LogP contribution in [0.2, 0.25) is 0 Å². The Morgan fingerprint density at radius 1 is 1.04 bits per heavy atom. The van der Waals surface area contributed by atoms with Gasteiger partial charge in [-0.3, -0.25) is 9.88 Å². The Bertz CT molecular complexity index is 1010. The first kappa shape index (κ1) is 17.3. The van der Waals surface area contributed by atoms with Crippen molar-refractivity contribution in [1.29, 1.82) is 0 Å². The molecule has 1 saturated heterocycles. The summed E-state index contributed by atoms with van der Waals surface area (Å²) < 4.78 is 27.3. The minimum Gasteiger partial charge on any atom is -0.360 e. The van der Waals surface area contributed by atoms with Crippen molar-refractivity contribution in [3.8, 4) is 22.4 Å². The van der Waals surface area contributed by atoms with Gasteiger partial charge >= 0.3 is 0 Å². The Hall–Kier alpha value is -2.79. The third kappa shape index (κ3) is 3.06. The van der Waals surface area contributed by atoms with Crippen LogP contribution in [0, 0.1) is 5.82 Å². The van der Waals surface area contributed by atoms with E-state index in [0.29, 0.717) is 13.0 Å². The van der Waals surface area contributed by atoms with Crippen LogP contribution in [0.1, 0.15) is 18.4 Å².